The molecule has 78 valence electrons. The van der Waals surface area contributed by atoms with E-state index >= 15 is 0 Å². The summed E-state index contributed by atoms with van der Waals surface area (Å²) in [6, 6.07) is 2.49. The van der Waals surface area contributed by atoms with Gasteiger partial charge in [0.05, 0.1) is 0 Å². The zero-order valence-electron chi connectivity index (χ0n) is 8.82. The zero-order valence-corrected chi connectivity index (χ0v) is 8.82. The monoisotopic (exact) mass is 193 g/mol. The fraction of sp³-hybridized carbons (Fsp3) is 0.727. The highest BCUT2D eigenvalue weighted by Gasteiger charge is 2.23. The number of hydrogen-bond acceptors (Lipinski definition) is 2. The Morgan fingerprint density at radius 3 is 3.00 bits per heavy atom. The van der Waals surface area contributed by atoms with Gasteiger partial charge in [-0.3, -0.25) is 4.68 Å². The first kappa shape index (κ1) is 9.71. The van der Waals surface area contributed by atoms with Crippen LogP contribution in [0, 0.1) is 12.8 Å². The van der Waals surface area contributed by atoms with E-state index in [4.69, 9.17) is 5.73 Å². The standard InChI is InChI=1S/C11H19N3/c1-9-5-7-13-14(9)8-6-10-3-2-4-11(10)12/h5,7,10-11H,2-4,6,8,12H2,1H3. The molecule has 1 fully saturated rings. The van der Waals surface area contributed by atoms with Crippen molar-refractivity contribution in [3.05, 3.63) is 18.0 Å². The summed E-state index contributed by atoms with van der Waals surface area (Å²) in [6.45, 7) is 3.12. The Bertz CT molecular complexity index is 292. The zero-order chi connectivity index (χ0) is 9.97. The Balaban J connectivity index is 1.85. The average Bonchev–Trinajstić information content (AvgIpc) is 2.72. The van der Waals surface area contributed by atoms with Gasteiger partial charge in [-0.2, -0.15) is 5.10 Å². The van der Waals surface area contributed by atoms with Crippen LogP contribution in [0.3, 0.4) is 0 Å². The Labute approximate surface area is 85.3 Å². The maximum absolute atomic E-state index is 6.03. The predicted molar refractivity (Wildman–Crippen MR) is 56.9 cm³/mol. The quantitative estimate of drug-likeness (QED) is 0.794. The lowest BCUT2D eigenvalue weighted by Gasteiger charge is -2.15. The highest BCUT2D eigenvalue weighted by Crippen LogP contribution is 2.27. The van der Waals surface area contributed by atoms with Crippen molar-refractivity contribution in [2.75, 3.05) is 0 Å². The maximum atomic E-state index is 6.03. The second kappa shape index (κ2) is 4.13. The molecule has 2 atom stereocenters. The van der Waals surface area contributed by atoms with Gasteiger partial charge in [0.2, 0.25) is 0 Å². The van der Waals surface area contributed by atoms with E-state index in [1.54, 1.807) is 0 Å². The molecule has 2 rings (SSSR count). The van der Waals surface area contributed by atoms with Crippen LogP contribution in [0.1, 0.15) is 31.4 Å². The molecule has 2 unspecified atom stereocenters. The highest BCUT2D eigenvalue weighted by molar-refractivity contribution is 4.96. The van der Waals surface area contributed by atoms with E-state index in [2.05, 4.69) is 22.8 Å². The lowest BCUT2D eigenvalue weighted by atomic mass is 10.0. The van der Waals surface area contributed by atoms with E-state index in [1.165, 1.54) is 31.4 Å². The van der Waals surface area contributed by atoms with Crippen molar-refractivity contribution >= 4 is 0 Å². The van der Waals surface area contributed by atoms with Gasteiger partial charge in [-0.15, -0.1) is 0 Å². The van der Waals surface area contributed by atoms with Crippen LogP contribution in [-0.4, -0.2) is 15.8 Å². The Morgan fingerprint density at radius 1 is 1.57 bits per heavy atom. The second-order valence-electron chi connectivity index (χ2n) is 4.34. The van der Waals surface area contributed by atoms with Gasteiger partial charge in [-0.25, -0.2) is 0 Å². The largest absolute Gasteiger partial charge is 0.327 e. The Hall–Kier alpha value is -0.830. The molecule has 1 heterocycles. The summed E-state index contributed by atoms with van der Waals surface area (Å²) in [5.41, 5.74) is 7.27. The van der Waals surface area contributed by atoms with Gasteiger partial charge in [0.15, 0.2) is 0 Å². The normalized spacial score (nSPS) is 27.0. The van der Waals surface area contributed by atoms with Crippen molar-refractivity contribution in [3.63, 3.8) is 0 Å². The molecule has 0 radical (unpaired) electrons. The first-order valence-corrected chi connectivity index (χ1v) is 5.51. The summed E-state index contributed by atoms with van der Waals surface area (Å²) in [7, 11) is 0. The average molecular weight is 193 g/mol. The Morgan fingerprint density at radius 2 is 2.43 bits per heavy atom. The molecule has 0 spiro atoms. The van der Waals surface area contributed by atoms with Crippen LogP contribution >= 0.6 is 0 Å². The van der Waals surface area contributed by atoms with E-state index in [0.717, 1.165) is 12.5 Å². The molecule has 1 saturated carbocycles. The summed E-state index contributed by atoms with van der Waals surface area (Å²) in [5.74, 6) is 0.721. The number of nitrogens with zero attached hydrogens (tertiary/aromatic N) is 2. The number of aromatic nitrogens is 2. The molecule has 2 N–H and O–H groups in total. The molecular weight excluding hydrogens is 174 g/mol. The van der Waals surface area contributed by atoms with Crippen LogP contribution in [-0.2, 0) is 6.54 Å². The summed E-state index contributed by atoms with van der Waals surface area (Å²) in [6.07, 6.45) is 6.88. The van der Waals surface area contributed by atoms with Crippen molar-refractivity contribution in [1.82, 2.24) is 9.78 Å². The van der Waals surface area contributed by atoms with Crippen LogP contribution in [0.15, 0.2) is 12.3 Å². The van der Waals surface area contributed by atoms with Gasteiger partial charge in [-0.05, 0) is 38.2 Å². The maximum Gasteiger partial charge on any atom is 0.0492 e. The lowest BCUT2D eigenvalue weighted by molar-refractivity contribution is 0.400. The van der Waals surface area contributed by atoms with Crippen LogP contribution in [0.5, 0.6) is 0 Å². The minimum Gasteiger partial charge on any atom is -0.327 e. The smallest absolute Gasteiger partial charge is 0.0492 e. The second-order valence-corrected chi connectivity index (χ2v) is 4.34. The van der Waals surface area contributed by atoms with Crippen molar-refractivity contribution < 1.29 is 0 Å². The molecule has 1 aromatic heterocycles. The van der Waals surface area contributed by atoms with Crippen LogP contribution in [0.2, 0.25) is 0 Å². The Kier molecular flexibility index (Phi) is 2.87. The molecule has 3 heteroatoms. The van der Waals surface area contributed by atoms with Gasteiger partial charge < -0.3 is 5.73 Å². The molecule has 0 amide bonds. The highest BCUT2D eigenvalue weighted by atomic mass is 15.3. The van der Waals surface area contributed by atoms with E-state index < -0.39 is 0 Å². The van der Waals surface area contributed by atoms with Crippen molar-refractivity contribution in [2.24, 2.45) is 11.7 Å². The van der Waals surface area contributed by atoms with Gasteiger partial charge in [-0.1, -0.05) is 6.42 Å². The molecule has 1 aliphatic rings. The lowest BCUT2D eigenvalue weighted by Crippen LogP contribution is -2.25. The number of rotatable bonds is 3. The van der Waals surface area contributed by atoms with E-state index in [1.807, 2.05) is 6.20 Å². The fourth-order valence-electron chi connectivity index (χ4n) is 2.34. The third-order valence-corrected chi connectivity index (χ3v) is 3.36. The molecule has 0 bridgehead atoms. The fourth-order valence-corrected chi connectivity index (χ4v) is 2.34. The molecule has 0 saturated heterocycles. The number of nitrogens with two attached hydrogens (primary N) is 1. The topological polar surface area (TPSA) is 43.8 Å². The number of aryl methyl sites for hydroxylation is 2. The predicted octanol–water partition coefficient (Wildman–Crippen LogP) is 1.71. The van der Waals surface area contributed by atoms with Crippen molar-refractivity contribution in [1.29, 1.82) is 0 Å². The van der Waals surface area contributed by atoms with Crippen LogP contribution in [0.4, 0.5) is 0 Å². The van der Waals surface area contributed by atoms with Crippen LogP contribution in [0.25, 0.3) is 0 Å². The molecule has 1 aromatic rings. The van der Waals surface area contributed by atoms with E-state index in [-0.39, 0.29) is 0 Å². The molecule has 0 aromatic carbocycles. The minimum absolute atomic E-state index is 0.436. The van der Waals surface area contributed by atoms with Gasteiger partial charge in [0.1, 0.15) is 0 Å². The van der Waals surface area contributed by atoms with Crippen LogP contribution < -0.4 is 5.73 Å². The van der Waals surface area contributed by atoms with Crippen molar-refractivity contribution in [2.45, 2.75) is 45.2 Å². The van der Waals surface area contributed by atoms with E-state index in [9.17, 15) is 0 Å². The molecule has 0 aliphatic heterocycles. The third kappa shape index (κ3) is 1.98. The van der Waals surface area contributed by atoms with Gasteiger partial charge in [0, 0.05) is 24.5 Å². The number of hydrogen-bond donors (Lipinski definition) is 1. The van der Waals surface area contributed by atoms with E-state index in [0.29, 0.717) is 6.04 Å². The molecular formula is C11H19N3. The summed E-state index contributed by atoms with van der Waals surface area (Å²) < 4.78 is 2.07. The van der Waals surface area contributed by atoms with Crippen molar-refractivity contribution in [3.8, 4) is 0 Å². The molecule has 14 heavy (non-hydrogen) atoms. The summed E-state index contributed by atoms with van der Waals surface area (Å²) in [5, 5.41) is 4.28. The summed E-state index contributed by atoms with van der Waals surface area (Å²) in [4.78, 5) is 0. The van der Waals surface area contributed by atoms with Gasteiger partial charge >= 0.3 is 0 Å². The molecule has 3 nitrogen and oxygen atoms in total. The third-order valence-electron chi connectivity index (χ3n) is 3.36. The molecule has 1 aliphatic carbocycles. The first-order valence-electron chi connectivity index (χ1n) is 5.51. The SMILES string of the molecule is Cc1ccnn1CCC1CCCC1N. The first-order chi connectivity index (χ1) is 6.77. The summed E-state index contributed by atoms with van der Waals surface area (Å²) >= 11 is 0. The van der Waals surface area contributed by atoms with Gasteiger partial charge in [0.25, 0.3) is 0 Å². The minimum atomic E-state index is 0.436.